The van der Waals surface area contributed by atoms with Gasteiger partial charge in [0.1, 0.15) is 11.3 Å². The Hall–Kier alpha value is -4.14. The van der Waals surface area contributed by atoms with E-state index in [1.165, 1.54) is 10.9 Å². The fraction of sp³-hybridized carbons (Fsp3) is 0.250. The summed E-state index contributed by atoms with van der Waals surface area (Å²) in [6, 6.07) is 11.3. The topological polar surface area (TPSA) is 137 Å². The summed E-state index contributed by atoms with van der Waals surface area (Å²) in [5.41, 5.74) is 10.1. The number of nitrogens with two attached hydrogens (primary N) is 1. The lowest BCUT2D eigenvalue weighted by atomic mass is 10.0. The van der Waals surface area contributed by atoms with Crippen molar-refractivity contribution < 1.29 is 4.79 Å². The zero-order chi connectivity index (χ0) is 23.5. The Morgan fingerprint density at radius 1 is 1.27 bits per heavy atom. The second-order valence-electron chi connectivity index (χ2n) is 8.12. The Labute approximate surface area is 191 Å². The summed E-state index contributed by atoms with van der Waals surface area (Å²) in [6.45, 7) is 4.65. The van der Waals surface area contributed by atoms with E-state index in [0.717, 1.165) is 33.3 Å². The van der Waals surface area contributed by atoms with Crippen molar-refractivity contribution in [1.82, 2.24) is 19.7 Å². The molecule has 0 spiro atoms. The van der Waals surface area contributed by atoms with Crippen molar-refractivity contribution >= 4 is 34.4 Å². The van der Waals surface area contributed by atoms with Gasteiger partial charge in [0.15, 0.2) is 0 Å². The highest BCUT2D eigenvalue weighted by molar-refractivity contribution is 6.10. The van der Waals surface area contributed by atoms with Gasteiger partial charge in [-0.05, 0) is 42.8 Å². The van der Waals surface area contributed by atoms with E-state index in [2.05, 4.69) is 15.1 Å². The molecule has 9 nitrogen and oxygen atoms in total. The lowest BCUT2D eigenvalue weighted by molar-refractivity contribution is -0.132. The normalized spacial score (nSPS) is 14.6. The van der Waals surface area contributed by atoms with Gasteiger partial charge in [-0.3, -0.25) is 25.6 Å². The second-order valence-corrected chi connectivity index (χ2v) is 8.12. The van der Waals surface area contributed by atoms with Gasteiger partial charge in [-0.1, -0.05) is 6.07 Å². The smallest absolute Gasteiger partial charge is 0.219 e. The summed E-state index contributed by atoms with van der Waals surface area (Å²) in [5, 5.41) is 21.6. The molecular weight excluding hydrogens is 416 g/mol. The van der Waals surface area contributed by atoms with Crippen LogP contribution < -0.4 is 11.2 Å². The van der Waals surface area contributed by atoms with E-state index in [1.54, 1.807) is 36.4 Å². The fourth-order valence-electron chi connectivity index (χ4n) is 3.64. The highest BCUT2D eigenvalue weighted by atomic mass is 16.2. The van der Waals surface area contributed by atoms with Gasteiger partial charge in [-0.15, -0.1) is 0 Å². The van der Waals surface area contributed by atoms with Gasteiger partial charge in [0.25, 0.3) is 0 Å². The monoisotopic (exact) mass is 442 g/mol. The Morgan fingerprint density at radius 2 is 2.06 bits per heavy atom. The molecule has 0 atom stereocenters. The molecule has 3 heterocycles. The first-order chi connectivity index (χ1) is 15.8. The van der Waals surface area contributed by atoms with E-state index in [4.69, 9.17) is 16.6 Å². The molecule has 4 N–H and O–H groups in total. The van der Waals surface area contributed by atoms with Gasteiger partial charge in [0, 0.05) is 61.6 Å². The minimum atomic E-state index is 0.0641. The number of hydrogen-bond donors (Lipinski definition) is 3. The van der Waals surface area contributed by atoms with E-state index in [-0.39, 0.29) is 23.3 Å². The molecular formula is C24H26N8O. The third kappa shape index (κ3) is 4.87. The van der Waals surface area contributed by atoms with E-state index >= 15 is 0 Å². The molecule has 1 aliphatic rings. The van der Waals surface area contributed by atoms with Crippen LogP contribution in [0.2, 0.25) is 0 Å². The number of nitrogens with one attached hydrogen (secondary N) is 2. The van der Waals surface area contributed by atoms with E-state index in [9.17, 15) is 4.79 Å². The van der Waals surface area contributed by atoms with Crippen LogP contribution in [0.15, 0.2) is 53.8 Å². The molecule has 0 radical (unpaired) electrons. The van der Waals surface area contributed by atoms with Crippen LogP contribution in [0.25, 0.3) is 16.5 Å². The van der Waals surface area contributed by atoms with Crippen molar-refractivity contribution in [2.75, 3.05) is 13.1 Å². The van der Waals surface area contributed by atoms with Crippen LogP contribution in [0.4, 0.5) is 0 Å². The van der Waals surface area contributed by atoms with Gasteiger partial charge < -0.3 is 10.6 Å². The molecule has 3 aromatic rings. The number of hydrogen-bond acceptors (Lipinski definition) is 7. The van der Waals surface area contributed by atoms with Crippen molar-refractivity contribution in [2.45, 2.75) is 26.3 Å². The van der Waals surface area contributed by atoms with Gasteiger partial charge in [-0.2, -0.15) is 5.10 Å². The summed E-state index contributed by atoms with van der Waals surface area (Å²) in [4.78, 5) is 22.2. The molecule has 1 aromatic carbocycles. The largest absolute Gasteiger partial charge is 0.404 e. The number of fused-ring (bicyclic) bond motifs is 1. The van der Waals surface area contributed by atoms with Crippen LogP contribution in [0, 0.1) is 17.7 Å². The van der Waals surface area contributed by atoms with Crippen LogP contribution >= 0.6 is 0 Å². The fourth-order valence-corrected chi connectivity index (χ4v) is 3.64. The minimum Gasteiger partial charge on any atom is -0.404 e. The number of rotatable bonds is 5. The van der Waals surface area contributed by atoms with E-state index in [0.29, 0.717) is 19.5 Å². The lowest BCUT2D eigenvalue weighted by Gasteiger charge is -2.36. The summed E-state index contributed by atoms with van der Waals surface area (Å²) in [7, 11) is 0. The standard InChI is InChI=1S/C24H26N8O/c1-15-3-6-23(26)32(30-15)24(27)8-17-4-5-22-18(7-17)9-19(11-29-22)20(10-25)12-28-21-13-31(14-21)16(2)33/h3-7,9-12,21,26-27H,8,13-14,25H2,1-2H3. The molecule has 1 amide bonds. The Kier molecular flexibility index (Phi) is 6.12. The van der Waals surface area contributed by atoms with E-state index < -0.39 is 0 Å². The number of carbonyl (C=O) groups excluding carboxylic acids is 1. The maximum atomic E-state index is 11.3. The molecule has 168 valence electrons. The summed E-state index contributed by atoms with van der Waals surface area (Å²) in [5.74, 6) is 0.288. The van der Waals surface area contributed by atoms with Crippen LogP contribution in [0.3, 0.4) is 0 Å². The second kappa shape index (κ2) is 9.15. The molecule has 1 saturated heterocycles. The maximum absolute atomic E-state index is 11.3. The number of pyridine rings is 1. The van der Waals surface area contributed by atoms with Crippen molar-refractivity contribution in [3.05, 3.63) is 71.1 Å². The minimum absolute atomic E-state index is 0.0641. The molecule has 0 saturated carbocycles. The molecule has 9 heteroatoms. The zero-order valence-corrected chi connectivity index (χ0v) is 18.6. The first kappa shape index (κ1) is 22.1. The Bertz CT molecular complexity index is 1350. The zero-order valence-electron chi connectivity index (χ0n) is 18.6. The number of aliphatic imine (C=N–C) groups is 1. The molecule has 0 bridgehead atoms. The summed E-state index contributed by atoms with van der Waals surface area (Å²) >= 11 is 0. The first-order valence-corrected chi connectivity index (χ1v) is 10.6. The van der Waals surface area contributed by atoms with Gasteiger partial charge in [0.05, 0.1) is 17.3 Å². The van der Waals surface area contributed by atoms with Crippen molar-refractivity contribution in [3.8, 4) is 0 Å². The Balaban J connectivity index is 1.53. The molecule has 0 unspecified atom stereocenters. The molecule has 4 rings (SSSR count). The van der Waals surface area contributed by atoms with Crippen molar-refractivity contribution in [1.29, 1.82) is 10.8 Å². The average molecular weight is 443 g/mol. The number of carbonyl (C=O) groups is 1. The SMILES string of the molecule is CC(=O)N1CC(N=CC(=CN)c2cnc3ccc(CC(=N)n4nc(C)ccc4=N)cc3c2)C1. The predicted molar refractivity (Wildman–Crippen MR) is 128 cm³/mol. The van der Waals surface area contributed by atoms with Gasteiger partial charge in [-0.25, -0.2) is 4.68 Å². The van der Waals surface area contributed by atoms with Crippen LogP contribution in [0.1, 0.15) is 23.7 Å². The average Bonchev–Trinajstić information content (AvgIpc) is 2.76. The number of aryl methyl sites for hydroxylation is 1. The lowest BCUT2D eigenvalue weighted by Crippen LogP contribution is -2.51. The molecule has 1 aliphatic heterocycles. The number of allylic oxidation sites excluding steroid dienone is 1. The van der Waals surface area contributed by atoms with Crippen LogP contribution in [-0.2, 0) is 11.2 Å². The molecule has 2 aromatic heterocycles. The number of benzene rings is 1. The molecule has 33 heavy (non-hydrogen) atoms. The van der Waals surface area contributed by atoms with Gasteiger partial charge >= 0.3 is 0 Å². The van der Waals surface area contributed by atoms with Crippen LogP contribution in [-0.4, -0.2) is 56.8 Å². The maximum Gasteiger partial charge on any atom is 0.219 e. The highest BCUT2D eigenvalue weighted by Crippen LogP contribution is 2.21. The quantitative estimate of drug-likeness (QED) is 0.410. The number of likely N-dealkylation sites (tertiary alicyclic amines) is 1. The van der Waals surface area contributed by atoms with Crippen LogP contribution in [0.5, 0.6) is 0 Å². The third-order valence-corrected chi connectivity index (χ3v) is 5.59. The molecule has 0 aliphatic carbocycles. The highest BCUT2D eigenvalue weighted by Gasteiger charge is 2.27. The van der Waals surface area contributed by atoms with Gasteiger partial charge in [0.2, 0.25) is 5.91 Å². The van der Waals surface area contributed by atoms with Crippen molar-refractivity contribution in [2.24, 2.45) is 10.7 Å². The number of nitrogens with zero attached hydrogens (tertiary/aromatic N) is 5. The Morgan fingerprint density at radius 3 is 2.79 bits per heavy atom. The van der Waals surface area contributed by atoms with Crippen molar-refractivity contribution in [3.63, 3.8) is 0 Å². The number of aromatic nitrogens is 3. The summed E-state index contributed by atoms with van der Waals surface area (Å²) in [6.07, 6.45) is 5.34. The third-order valence-electron chi connectivity index (χ3n) is 5.59. The predicted octanol–water partition coefficient (Wildman–Crippen LogP) is 1.89. The van der Waals surface area contributed by atoms with E-state index in [1.807, 2.05) is 31.2 Å². The summed E-state index contributed by atoms with van der Waals surface area (Å²) < 4.78 is 1.34. The molecule has 1 fully saturated rings. The number of amides is 1. The first-order valence-electron chi connectivity index (χ1n) is 10.6.